The first-order valence-corrected chi connectivity index (χ1v) is 6.95. The van der Waals surface area contributed by atoms with Crippen molar-refractivity contribution in [1.82, 2.24) is 4.98 Å². The predicted molar refractivity (Wildman–Crippen MR) is 81.0 cm³/mol. The topological polar surface area (TPSA) is 65.5 Å². The summed E-state index contributed by atoms with van der Waals surface area (Å²) < 4.78 is 0. The normalized spacial score (nSPS) is 16.5. The number of benzene rings is 1. The van der Waals surface area contributed by atoms with E-state index < -0.39 is 6.10 Å². The van der Waals surface area contributed by atoms with E-state index in [0.717, 1.165) is 18.8 Å². The van der Waals surface area contributed by atoms with Crippen LogP contribution in [0.2, 0.25) is 0 Å². The molecule has 1 aromatic carbocycles. The van der Waals surface area contributed by atoms with Crippen molar-refractivity contribution in [3.63, 3.8) is 0 Å². The average Bonchev–Trinajstić information content (AvgIpc) is 2.80. The van der Waals surface area contributed by atoms with Crippen LogP contribution in [0, 0.1) is 0 Å². The van der Waals surface area contributed by atoms with Crippen LogP contribution in [-0.2, 0) is 11.3 Å². The van der Waals surface area contributed by atoms with Crippen LogP contribution in [-0.4, -0.2) is 22.5 Å². The minimum Gasteiger partial charge on any atom is -0.378 e. The van der Waals surface area contributed by atoms with Gasteiger partial charge in [-0.2, -0.15) is 0 Å². The van der Waals surface area contributed by atoms with Crippen molar-refractivity contribution >= 4 is 17.3 Å². The van der Waals surface area contributed by atoms with E-state index >= 15 is 0 Å². The van der Waals surface area contributed by atoms with Gasteiger partial charge in [-0.05, 0) is 36.8 Å². The van der Waals surface area contributed by atoms with Gasteiger partial charge >= 0.3 is 0 Å². The van der Waals surface area contributed by atoms with Gasteiger partial charge in [-0.25, -0.2) is 0 Å². The molecule has 0 fully saturated rings. The van der Waals surface area contributed by atoms with Crippen LogP contribution in [0.25, 0.3) is 0 Å². The Labute approximate surface area is 123 Å². The summed E-state index contributed by atoms with van der Waals surface area (Å²) in [5.41, 5.74) is 3.53. The summed E-state index contributed by atoms with van der Waals surface area (Å²) in [4.78, 5) is 17.7. The van der Waals surface area contributed by atoms with E-state index in [9.17, 15) is 9.90 Å². The molecule has 2 aromatic rings. The Balaban J connectivity index is 1.86. The van der Waals surface area contributed by atoms with Gasteiger partial charge in [0, 0.05) is 42.4 Å². The number of aromatic nitrogens is 1. The molecule has 0 saturated heterocycles. The summed E-state index contributed by atoms with van der Waals surface area (Å²) in [5, 5.41) is 12.4. The fourth-order valence-electron chi connectivity index (χ4n) is 2.52. The van der Waals surface area contributed by atoms with Crippen LogP contribution in [0.1, 0.15) is 24.2 Å². The smallest absolute Gasteiger partial charge is 0.257 e. The number of carbonyl (C=O) groups excluding carboxylic acids is 1. The minimum atomic E-state index is -1.05. The number of amides is 1. The molecule has 21 heavy (non-hydrogen) atoms. The van der Waals surface area contributed by atoms with E-state index in [1.54, 1.807) is 12.4 Å². The lowest BCUT2D eigenvalue weighted by Crippen LogP contribution is -2.22. The minimum absolute atomic E-state index is 0.362. The quantitative estimate of drug-likeness (QED) is 0.902. The summed E-state index contributed by atoms with van der Waals surface area (Å²) in [6, 6.07) is 9.63. The van der Waals surface area contributed by atoms with Crippen molar-refractivity contribution in [2.45, 2.75) is 19.6 Å². The Kier molecular flexibility index (Phi) is 3.58. The van der Waals surface area contributed by atoms with Crippen molar-refractivity contribution < 1.29 is 9.90 Å². The van der Waals surface area contributed by atoms with Crippen molar-refractivity contribution in [2.24, 2.45) is 0 Å². The lowest BCUT2D eigenvalue weighted by molar-refractivity contribution is -0.123. The van der Waals surface area contributed by atoms with Crippen LogP contribution in [0.5, 0.6) is 0 Å². The summed E-state index contributed by atoms with van der Waals surface area (Å²) in [6.45, 7) is 3.70. The zero-order valence-corrected chi connectivity index (χ0v) is 11.8. The van der Waals surface area contributed by atoms with Gasteiger partial charge in [0.15, 0.2) is 6.10 Å². The number of nitrogens with one attached hydrogen (secondary N) is 1. The maximum absolute atomic E-state index is 11.5. The van der Waals surface area contributed by atoms with Gasteiger partial charge in [-0.15, -0.1) is 0 Å². The summed E-state index contributed by atoms with van der Waals surface area (Å²) in [5.74, 6) is -0.362. The molecule has 1 atom stereocenters. The second kappa shape index (κ2) is 5.54. The van der Waals surface area contributed by atoms with E-state index in [4.69, 9.17) is 0 Å². The van der Waals surface area contributed by atoms with Crippen molar-refractivity contribution in [1.29, 1.82) is 0 Å². The maximum atomic E-state index is 11.5. The Morgan fingerprint density at radius 2 is 2.05 bits per heavy atom. The Bertz CT molecular complexity index is 658. The summed E-state index contributed by atoms with van der Waals surface area (Å²) >= 11 is 0. The first-order valence-electron chi connectivity index (χ1n) is 6.95. The number of aliphatic hydroxyl groups is 1. The van der Waals surface area contributed by atoms with E-state index in [1.807, 2.05) is 30.3 Å². The Morgan fingerprint density at radius 3 is 2.76 bits per heavy atom. The second-order valence-electron chi connectivity index (χ2n) is 5.03. The molecule has 0 saturated carbocycles. The van der Waals surface area contributed by atoms with E-state index in [0.29, 0.717) is 11.3 Å². The maximum Gasteiger partial charge on any atom is 0.257 e. The van der Waals surface area contributed by atoms with Gasteiger partial charge in [-0.1, -0.05) is 6.07 Å². The molecular formula is C16H17N3O2. The lowest BCUT2D eigenvalue weighted by Gasteiger charge is -2.23. The number of nitrogens with zero attached hydrogens (tertiary/aromatic N) is 2. The molecule has 1 aliphatic heterocycles. The number of fused-ring (bicyclic) bond motifs is 1. The molecule has 1 aliphatic rings. The van der Waals surface area contributed by atoms with Gasteiger partial charge in [0.05, 0.1) is 0 Å². The van der Waals surface area contributed by atoms with Crippen LogP contribution in [0.3, 0.4) is 0 Å². The molecule has 2 N–H and O–H groups in total. The Hall–Kier alpha value is -2.40. The van der Waals surface area contributed by atoms with Crippen LogP contribution >= 0.6 is 0 Å². The third kappa shape index (κ3) is 2.60. The molecule has 1 aromatic heterocycles. The van der Waals surface area contributed by atoms with Crippen LogP contribution in [0.4, 0.5) is 11.4 Å². The lowest BCUT2D eigenvalue weighted by atomic mass is 10.1. The molecule has 0 aliphatic carbocycles. The number of anilines is 2. The van der Waals surface area contributed by atoms with Gasteiger partial charge in [0.1, 0.15) is 0 Å². The molecule has 0 spiro atoms. The molecule has 1 amide bonds. The third-order valence-corrected chi connectivity index (χ3v) is 3.71. The zero-order valence-electron chi connectivity index (χ0n) is 11.8. The van der Waals surface area contributed by atoms with Gasteiger partial charge in [0.2, 0.25) is 0 Å². The molecule has 0 radical (unpaired) electrons. The molecule has 1 unspecified atom stereocenters. The molecule has 5 heteroatoms. The van der Waals surface area contributed by atoms with E-state index in [1.165, 1.54) is 5.56 Å². The standard InChI is InChI=1S/C16H17N3O2/c1-2-19(10-11-5-7-17-8-6-11)12-3-4-13-14(9-12)18-16(21)15(13)20/h3-9,15,20H,2,10H2,1H3,(H,18,21). The number of aliphatic hydroxyl groups excluding tert-OH is 1. The van der Waals surface area contributed by atoms with Gasteiger partial charge in [-0.3, -0.25) is 9.78 Å². The first-order chi connectivity index (χ1) is 10.2. The fraction of sp³-hybridized carbons (Fsp3) is 0.250. The average molecular weight is 283 g/mol. The summed E-state index contributed by atoms with van der Waals surface area (Å²) in [6.07, 6.45) is 2.51. The highest BCUT2D eigenvalue weighted by atomic mass is 16.3. The van der Waals surface area contributed by atoms with E-state index in [-0.39, 0.29) is 5.91 Å². The van der Waals surface area contributed by atoms with E-state index in [2.05, 4.69) is 22.1 Å². The molecule has 2 heterocycles. The number of pyridine rings is 1. The predicted octanol–water partition coefficient (Wildman–Crippen LogP) is 2.09. The van der Waals surface area contributed by atoms with Crippen LogP contribution in [0.15, 0.2) is 42.7 Å². The van der Waals surface area contributed by atoms with Crippen molar-refractivity contribution in [3.8, 4) is 0 Å². The van der Waals surface area contributed by atoms with Crippen molar-refractivity contribution in [2.75, 3.05) is 16.8 Å². The molecule has 5 nitrogen and oxygen atoms in total. The summed E-state index contributed by atoms with van der Waals surface area (Å²) in [7, 11) is 0. The Morgan fingerprint density at radius 1 is 1.29 bits per heavy atom. The van der Waals surface area contributed by atoms with Crippen LogP contribution < -0.4 is 10.2 Å². The molecular weight excluding hydrogens is 266 g/mol. The van der Waals surface area contributed by atoms with Gasteiger partial charge in [0.25, 0.3) is 5.91 Å². The fourth-order valence-corrected chi connectivity index (χ4v) is 2.52. The number of hydrogen-bond acceptors (Lipinski definition) is 4. The third-order valence-electron chi connectivity index (χ3n) is 3.71. The zero-order chi connectivity index (χ0) is 14.8. The van der Waals surface area contributed by atoms with Gasteiger partial charge < -0.3 is 15.3 Å². The molecule has 108 valence electrons. The molecule has 3 rings (SSSR count). The molecule has 0 bridgehead atoms. The first kappa shape index (κ1) is 13.6. The monoisotopic (exact) mass is 283 g/mol. The second-order valence-corrected chi connectivity index (χ2v) is 5.03. The largest absolute Gasteiger partial charge is 0.378 e. The highest BCUT2D eigenvalue weighted by Gasteiger charge is 2.28. The number of carbonyl (C=O) groups is 1. The highest BCUT2D eigenvalue weighted by molar-refractivity contribution is 6.02. The number of rotatable bonds is 4. The number of hydrogen-bond donors (Lipinski definition) is 2. The van der Waals surface area contributed by atoms with Crippen molar-refractivity contribution in [3.05, 3.63) is 53.9 Å². The highest BCUT2D eigenvalue weighted by Crippen LogP contribution is 2.34. The SMILES string of the molecule is CCN(Cc1ccncc1)c1ccc2c(c1)NC(=O)C2O.